The molecule has 0 aliphatic carbocycles. The van der Waals surface area contributed by atoms with Crippen molar-refractivity contribution in [1.82, 2.24) is 15.0 Å². The van der Waals surface area contributed by atoms with E-state index in [-0.39, 0.29) is 5.82 Å². The topological polar surface area (TPSA) is 38.7 Å². The summed E-state index contributed by atoms with van der Waals surface area (Å²) < 4.78 is 18.0. The zero-order valence-corrected chi connectivity index (χ0v) is 24.3. The normalized spacial score (nSPS) is 11.3. The molecular formula is C39H24FN3S. The molecule has 0 bridgehead atoms. The van der Waals surface area contributed by atoms with Gasteiger partial charge >= 0.3 is 0 Å². The summed E-state index contributed by atoms with van der Waals surface area (Å²) in [5.74, 6) is 1.43. The van der Waals surface area contributed by atoms with Crippen LogP contribution in [0.2, 0.25) is 0 Å². The summed E-state index contributed by atoms with van der Waals surface area (Å²) in [5.41, 5.74) is 5.95. The molecule has 0 saturated heterocycles. The summed E-state index contributed by atoms with van der Waals surface area (Å²) in [4.78, 5) is 14.5. The summed E-state index contributed by atoms with van der Waals surface area (Å²) in [6, 6.07) is 47.7. The molecule has 6 aromatic carbocycles. The molecule has 8 aromatic rings. The molecule has 2 aromatic heterocycles. The van der Waals surface area contributed by atoms with Crippen molar-refractivity contribution in [3.05, 3.63) is 151 Å². The number of rotatable bonds is 5. The number of nitrogens with zero attached hydrogens (tertiary/aromatic N) is 3. The largest absolute Gasteiger partial charge is 0.208 e. The van der Waals surface area contributed by atoms with Crippen molar-refractivity contribution in [1.29, 1.82) is 0 Å². The molecule has 208 valence electrons. The number of benzene rings is 6. The second kappa shape index (κ2) is 11.0. The van der Waals surface area contributed by atoms with Gasteiger partial charge in [-0.25, -0.2) is 19.3 Å². The summed E-state index contributed by atoms with van der Waals surface area (Å²) in [6.45, 7) is 0. The van der Waals surface area contributed by atoms with E-state index in [1.807, 2.05) is 97.1 Å². The van der Waals surface area contributed by atoms with Gasteiger partial charge in [0.2, 0.25) is 0 Å². The van der Waals surface area contributed by atoms with Crippen LogP contribution in [0.15, 0.2) is 146 Å². The van der Waals surface area contributed by atoms with Crippen LogP contribution in [-0.2, 0) is 0 Å². The van der Waals surface area contributed by atoms with Crippen molar-refractivity contribution in [2.45, 2.75) is 0 Å². The Morgan fingerprint density at radius 3 is 1.68 bits per heavy atom. The first-order valence-electron chi connectivity index (χ1n) is 14.4. The Labute approximate surface area is 258 Å². The van der Waals surface area contributed by atoms with Gasteiger partial charge in [-0.15, -0.1) is 11.3 Å². The maximum absolute atomic E-state index is 15.5. The number of hydrogen-bond donors (Lipinski definition) is 0. The Balaban J connectivity index is 1.25. The van der Waals surface area contributed by atoms with Crippen LogP contribution in [0.4, 0.5) is 4.39 Å². The van der Waals surface area contributed by atoms with Crippen LogP contribution in [0, 0.1) is 5.82 Å². The van der Waals surface area contributed by atoms with E-state index in [0.717, 1.165) is 33.4 Å². The van der Waals surface area contributed by atoms with Crippen LogP contribution in [0.3, 0.4) is 0 Å². The molecule has 2 heterocycles. The highest BCUT2D eigenvalue weighted by atomic mass is 32.1. The average Bonchev–Trinajstić information content (AvgIpc) is 3.48. The van der Waals surface area contributed by atoms with Crippen molar-refractivity contribution in [3.8, 4) is 56.4 Å². The maximum Gasteiger partial charge on any atom is 0.164 e. The number of hydrogen-bond acceptors (Lipinski definition) is 4. The Kier molecular flexibility index (Phi) is 6.51. The van der Waals surface area contributed by atoms with Gasteiger partial charge in [0.1, 0.15) is 5.82 Å². The first-order chi connectivity index (χ1) is 21.7. The summed E-state index contributed by atoms with van der Waals surface area (Å²) in [7, 11) is 0. The third-order valence-corrected chi connectivity index (χ3v) is 9.03. The molecule has 0 aliphatic heterocycles. The Morgan fingerprint density at radius 2 is 0.955 bits per heavy atom. The van der Waals surface area contributed by atoms with Gasteiger partial charge in [0, 0.05) is 42.4 Å². The Morgan fingerprint density at radius 1 is 0.409 bits per heavy atom. The molecule has 0 atom stereocenters. The average molecular weight is 586 g/mol. The highest BCUT2D eigenvalue weighted by molar-refractivity contribution is 7.26. The summed E-state index contributed by atoms with van der Waals surface area (Å²) in [6.07, 6.45) is 0. The van der Waals surface area contributed by atoms with Gasteiger partial charge in [-0.05, 0) is 41.0 Å². The van der Waals surface area contributed by atoms with Gasteiger partial charge < -0.3 is 0 Å². The van der Waals surface area contributed by atoms with Gasteiger partial charge in [0.25, 0.3) is 0 Å². The highest BCUT2D eigenvalue weighted by Crippen LogP contribution is 2.41. The summed E-state index contributed by atoms with van der Waals surface area (Å²) in [5, 5.41) is 2.46. The van der Waals surface area contributed by atoms with Crippen LogP contribution in [0.5, 0.6) is 0 Å². The van der Waals surface area contributed by atoms with Crippen LogP contribution < -0.4 is 0 Å². The Hall–Kier alpha value is -5.52. The molecule has 0 amide bonds. The lowest BCUT2D eigenvalue weighted by Gasteiger charge is -2.11. The van der Waals surface area contributed by atoms with Gasteiger partial charge in [-0.3, -0.25) is 0 Å². The second-order valence-electron chi connectivity index (χ2n) is 10.6. The lowest BCUT2D eigenvalue weighted by molar-refractivity contribution is 0.631. The molecule has 0 aliphatic rings. The molecule has 8 rings (SSSR count). The zero-order valence-electron chi connectivity index (χ0n) is 23.5. The fourth-order valence-corrected chi connectivity index (χ4v) is 6.89. The molecular weight excluding hydrogens is 562 g/mol. The fraction of sp³-hybridized carbons (Fsp3) is 0. The third-order valence-electron chi connectivity index (χ3n) is 7.81. The molecule has 5 heteroatoms. The first kappa shape index (κ1) is 26.1. The molecule has 0 saturated carbocycles. The standard InChI is InChI=1S/C39H24FN3S/c40-34-22-21-28(30-18-10-19-32-31-17-7-8-20-35(31)44-36(30)32)24-33(34)27-15-9-16-29(23-27)39-42-37(25-11-3-1-4-12-25)41-38(43-39)26-13-5-2-6-14-26/h1-24H. The predicted molar refractivity (Wildman–Crippen MR) is 180 cm³/mol. The van der Waals surface area contributed by atoms with Crippen LogP contribution in [0.1, 0.15) is 0 Å². The van der Waals surface area contributed by atoms with Gasteiger partial charge in [-0.2, -0.15) is 0 Å². The number of fused-ring (bicyclic) bond motifs is 3. The van der Waals surface area contributed by atoms with Crippen LogP contribution in [0.25, 0.3) is 76.6 Å². The van der Waals surface area contributed by atoms with Crippen LogP contribution >= 0.6 is 11.3 Å². The SMILES string of the molecule is Fc1ccc(-c2cccc3c2sc2ccccc23)cc1-c1cccc(-c2nc(-c3ccccc3)nc(-c3ccccc3)n2)c1. The zero-order chi connectivity index (χ0) is 29.5. The molecule has 0 spiro atoms. The van der Waals surface area contributed by atoms with E-state index in [9.17, 15) is 0 Å². The van der Waals surface area contributed by atoms with Crippen molar-refractivity contribution in [2.75, 3.05) is 0 Å². The van der Waals surface area contributed by atoms with E-state index in [1.165, 1.54) is 20.2 Å². The number of aromatic nitrogens is 3. The van der Waals surface area contributed by atoms with E-state index in [0.29, 0.717) is 23.0 Å². The monoisotopic (exact) mass is 585 g/mol. The number of thiophene rings is 1. The van der Waals surface area contributed by atoms with Crippen LogP contribution in [-0.4, -0.2) is 15.0 Å². The van der Waals surface area contributed by atoms with Gasteiger partial charge in [-0.1, -0.05) is 121 Å². The van der Waals surface area contributed by atoms with Crippen molar-refractivity contribution >= 4 is 31.5 Å². The Bertz CT molecular complexity index is 2240. The third kappa shape index (κ3) is 4.74. The highest BCUT2D eigenvalue weighted by Gasteiger charge is 2.16. The van der Waals surface area contributed by atoms with Crippen molar-refractivity contribution < 1.29 is 4.39 Å². The minimum absolute atomic E-state index is 0.278. The number of halogens is 1. The van der Waals surface area contributed by atoms with E-state index in [1.54, 1.807) is 17.4 Å². The fourth-order valence-electron chi connectivity index (χ4n) is 5.65. The lowest BCUT2D eigenvalue weighted by atomic mass is 9.96. The second-order valence-corrected chi connectivity index (χ2v) is 11.6. The minimum atomic E-state index is -0.278. The molecule has 0 radical (unpaired) electrons. The summed E-state index contributed by atoms with van der Waals surface area (Å²) >= 11 is 1.77. The lowest BCUT2D eigenvalue weighted by Crippen LogP contribution is -2.00. The predicted octanol–water partition coefficient (Wildman–Crippen LogP) is 10.7. The smallest absolute Gasteiger partial charge is 0.164 e. The van der Waals surface area contributed by atoms with Gasteiger partial charge in [0.15, 0.2) is 17.5 Å². The molecule has 0 N–H and O–H groups in total. The quantitative estimate of drug-likeness (QED) is 0.202. The van der Waals surface area contributed by atoms with E-state index < -0.39 is 0 Å². The maximum atomic E-state index is 15.5. The minimum Gasteiger partial charge on any atom is -0.208 e. The van der Waals surface area contributed by atoms with Gasteiger partial charge in [0.05, 0.1) is 0 Å². The molecule has 0 fully saturated rings. The molecule has 0 unspecified atom stereocenters. The molecule has 3 nitrogen and oxygen atoms in total. The van der Waals surface area contributed by atoms with Crippen molar-refractivity contribution in [2.24, 2.45) is 0 Å². The van der Waals surface area contributed by atoms with E-state index in [4.69, 9.17) is 15.0 Å². The molecule has 44 heavy (non-hydrogen) atoms. The van der Waals surface area contributed by atoms with Crippen molar-refractivity contribution in [3.63, 3.8) is 0 Å². The van der Waals surface area contributed by atoms with E-state index in [2.05, 4.69) is 42.5 Å². The van der Waals surface area contributed by atoms with E-state index >= 15 is 4.39 Å². The first-order valence-corrected chi connectivity index (χ1v) is 15.2.